The van der Waals surface area contributed by atoms with Gasteiger partial charge < -0.3 is 4.74 Å². The lowest BCUT2D eigenvalue weighted by molar-refractivity contribution is -0.125. The summed E-state index contributed by atoms with van der Waals surface area (Å²) in [5.74, 6) is 1.68. The average Bonchev–Trinajstić information content (AvgIpc) is 2.89. The molecule has 3 rings (SSSR count). The number of fused-ring (bicyclic) bond motifs is 1. The van der Waals surface area contributed by atoms with Crippen molar-refractivity contribution in [2.45, 2.75) is 23.8 Å². The minimum Gasteiger partial charge on any atom is -0.481 e. The first-order valence-corrected chi connectivity index (χ1v) is 7.60. The molecular formula is C15H16N2O2S. The predicted octanol–water partition coefficient (Wildman–Crippen LogP) is 2.48. The van der Waals surface area contributed by atoms with Crippen LogP contribution in [0.15, 0.2) is 41.4 Å². The van der Waals surface area contributed by atoms with E-state index in [2.05, 4.69) is 5.10 Å². The predicted molar refractivity (Wildman–Crippen MR) is 78.1 cm³/mol. The monoisotopic (exact) mass is 288 g/mol. The molecule has 20 heavy (non-hydrogen) atoms. The van der Waals surface area contributed by atoms with Gasteiger partial charge in [-0.25, -0.2) is 0 Å². The molecule has 0 N–H and O–H groups in total. The zero-order valence-electron chi connectivity index (χ0n) is 11.3. The van der Waals surface area contributed by atoms with Crippen LogP contribution in [0.4, 0.5) is 0 Å². The van der Waals surface area contributed by atoms with E-state index in [-0.39, 0.29) is 11.9 Å². The van der Waals surface area contributed by atoms with Gasteiger partial charge in [0.2, 0.25) is 0 Å². The largest absolute Gasteiger partial charge is 0.481 e. The van der Waals surface area contributed by atoms with Crippen molar-refractivity contribution in [1.82, 2.24) is 9.78 Å². The standard InChI is InChI=1S/C15H16N2O2S/c1-17-11(8-9-16-17)6-7-12(18)14-10-20-15-5-3-2-4-13(15)19-14/h2-5,8-9,14H,6-7,10H2,1H3. The molecule has 2 heterocycles. The first-order chi connectivity index (χ1) is 9.74. The summed E-state index contributed by atoms with van der Waals surface area (Å²) in [6.45, 7) is 0. The molecule has 1 aromatic heterocycles. The molecule has 1 aliphatic heterocycles. The van der Waals surface area contributed by atoms with Crippen LogP contribution in [0.3, 0.4) is 0 Å². The van der Waals surface area contributed by atoms with Crippen molar-refractivity contribution in [3.8, 4) is 5.75 Å². The van der Waals surface area contributed by atoms with Gasteiger partial charge in [-0.15, -0.1) is 11.8 Å². The van der Waals surface area contributed by atoms with Crippen LogP contribution >= 0.6 is 11.8 Å². The van der Waals surface area contributed by atoms with Crippen molar-refractivity contribution in [3.05, 3.63) is 42.2 Å². The Labute approximate surface area is 122 Å². The summed E-state index contributed by atoms with van der Waals surface area (Å²) in [6.07, 6.45) is 2.63. The van der Waals surface area contributed by atoms with Gasteiger partial charge in [-0.2, -0.15) is 5.10 Å². The number of benzene rings is 1. The van der Waals surface area contributed by atoms with Crippen molar-refractivity contribution in [1.29, 1.82) is 0 Å². The first-order valence-electron chi connectivity index (χ1n) is 6.62. The number of hydrogen-bond donors (Lipinski definition) is 0. The molecular weight excluding hydrogens is 272 g/mol. The fourth-order valence-electron chi connectivity index (χ4n) is 2.24. The van der Waals surface area contributed by atoms with Crippen molar-refractivity contribution in [3.63, 3.8) is 0 Å². The zero-order valence-corrected chi connectivity index (χ0v) is 12.1. The smallest absolute Gasteiger partial charge is 0.174 e. The normalized spacial score (nSPS) is 17.4. The number of thioether (sulfide) groups is 1. The second kappa shape index (κ2) is 5.71. The number of Topliss-reactive ketones (excluding diaryl/α,β-unsaturated/α-hetero) is 1. The van der Waals surface area contributed by atoms with Crippen LogP contribution in [0, 0.1) is 0 Å². The second-order valence-corrected chi connectivity index (χ2v) is 5.84. The maximum absolute atomic E-state index is 12.2. The highest BCUT2D eigenvalue weighted by molar-refractivity contribution is 7.99. The van der Waals surface area contributed by atoms with E-state index in [4.69, 9.17) is 4.74 Å². The van der Waals surface area contributed by atoms with Crippen molar-refractivity contribution in [2.24, 2.45) is 7.05 Å². The average molecular weight is 288 g/mol. The topological polar surface area (TPSA) is 44.1 Å². The molecule has 1 aliphatic rings. The molecule has 0 bridgehead atoms. The molecule has 1 atom stereocenters. The Morgan fingerprint density at radius 3 is 3.10 bits per heavy atom. The van der Waals surface area contributed by atoms with E-state index in [1.54, 1.807) is 22.6 Å². The Kier molecular flexibility index (Phi) is 3.78. The van der Waals surface area contributed by atoms with Gasteiger partial charge in [0.05, 0.1) is 0 Å². The van der Waals surface area contributed by atoms with E-state index in [0.717, 1.165) is 16.3 Å². The number of carbonyl (C=O) groups is 1. The van der Waals surface area contributed by atoms with Gasteiger partial charge in [0, 0.05) is 36.0 Å². The van der Waals surface area contributed by atoms with E-state index < -0.39 is 0 Å². The number of rotatable bonds is 4. The minimum atomic E-state index is -0.330. The van der Waals surface area contributed by atoms with Crippen molar-refractivity contribution in [2.75, 3.05) is 5.75 Å². The molecule has 5 heteroatoms. The number of carbonyl (C=O) groups excluding carboxylic acids is 1. The van der Waals surface area contributed by atoms with E-state index in [9.17, 15) is 4.79 Å². The van der Waals surface area contributed by atoms with Gasteiger partial charge >= 0.3 is 0 Å². The Morgan fingerprint density at radius 1 is 1.45 bits per heavy atom. The van der Waals surface area contributed by atoms with E-state index >= 15 is 0 Å². The fraction of sp³-hybridized carbons (Fsp3) is 0.333. The third-order valence-electron chi connectivity index (χ3n) is 3.42. The van der Waals surface area contributed by atoms with Crippen LogP contribution < -0.4 is 4.74 Å². The van der Waals surface area contributed by atoms with E-state index in [0.29, 0.717) is 18.6 Å². The molecule has 2 aromatic rings. The highest BCUT2D eigenvalue weighted by Crippen LogP contribution is 2.35. The molecule has 0 amide bonds. The van der Waals surface area contributed by atoms with Crippen LogP contribution in [0.2, 0.25) is 0 Å². The lowest BCUT2D eigenvalue weighted by Gasteiger charge is -2.24. The Hall–Kier alpha value is -1.75. The summed E-state index contributed by atoms with van der Waals surface area (Å²) in [4.78, 5) is 13.4. The summed E-state index contributed by atoms with van der Waals surface area (Å²) in [5, 5.41) is 4.11. The van der Waals surface area contributed by atoms with Crippen LogP contribution in [0.5, 0.6) is 5.75 Å². The molecule has 104 valence electrons. The highest BCUT2D eigenvalue weighted by Gasteiger charge is 2.26. The first kappa shape index (κ1) is 13.2. The second-order valence-electron chi connectivity index (χ2n) is 4.78. The Balaban J connectivity index is 1.60. The number of hydrogen-bond acceptors (Lipinski definition) is 4. The lowest BCUT2D eigenvalue weighted by atomic mass is 10.1. The summed E-state index contributed by atoms with van der Waals surface area (Å²) in [5.41, 5.74) is 1.07. The Bertz CT molecular complexity index is 624. The number of ketones is 1. The molecule has 4 nitrogen and oxygen atoms in total. The third-order valence-corrected chi connectivity index (χ3v) is 4.54. The minimum absolute atomic E-state index is 0.160. The number of aromatic nitrogens is 2. The van der Waals surface area contributed by atoms with Crippen molar-refractivity contribution >= 4 is 17.5 Å². The lowest BCUT2D eigenvalue weighted by Crippen LogP contribution is -2.32. The molecule has 1 aromatic carbocycles. The number of aryl methyl sites for hydroxylation is 2. The number of para-hydroxylation sites is 1. The number of nitrogens with zero attached hydrogens (tertiary/aromatic N) is 2. The van der Waals surface area contributed by atoms with Gasteiger partial charge in [0.15, 0.2) is 11.9 Å². The highest BCUT2D eigenvalue weighted by atomic mass is 32.2. The molecule has 0 saturated heterocycles. The van der Waals surface area contributed by atoms with E-state index in [1.807, 2.05) is 37.4 Å². The van der Waals surface area contributed by atoms with Crippen LogP contribution in [-0.2, 0) is 18.3 Å². The summed E-state index contributed by atoms with van der Waals surface area (Å²) >= 11 is 1.69. The summed E-state index contributed by atoms with van der Waals surface area (Å²) in [7, 11) is 1.89. The SMILES string of the molecule is Cn1nccc1CCC(=O)C1CSc2ccccc2O1. The van der Waals surface area contributed by atoms with Gasteiger partial charge in [-0.1, -0.05) is 12.1 Å². The van der Waals surface area contributed by atoms with E-state index in [1.165, 1.54) is 0 Å². The summed E-state index contributed by atoms with van der Waals surface area (Å²) < 4.78 is 7.61. The van der Waals surface area contributed by atoms with Crippen LogP contribution in [0.1, 0.15) is 12.1 Å². The van der Waals surface area contributed by atoms with Crippen molar-refractivity contribution < 1.29 is 9.53 Å². The fourth-order valence-corrected chi connectivity index (χ4v) is 3.26. The van der Waals surface area contributed by atoms with Crippen LogP contribution in [-0.4, -0.2) is 27.4 Å². The Morgan fingerprint density at radius 2 is 2.30 bits per heavy atom. The zero-order chi connectivity index (χ0) is 13.9. The van der Waals surface area contributed by atoms with Gasteiger partial charge in [0.25, 0.3) is 0 Å². The molecule has 0 saturated carbocycles. The third kappa shape index (κ3) is 2.72. The van der Waals surface area contributed by atoms with Gasteiger partial charge in [-0.3, -0.25) is 9.48 Å². The molecule has 0 spiro atoms. The van der Waals surface area contributed by atoms with Gasteiger partial charge in [-0.05, 0) is 24.6 Å². The quantitative estimate of drug-likeness (QED) is 0.867. The molecule has 0 radical (unpaired) electrons. The number of ether oxygens (including phenoxy) is 1. The molecule has 0 fully saturated rings. The molecule has 0 aliphatic carbocycles. The summed E-state index contributed by atoms with van der Waals surface area (Å²) in [6, 6.07) is 9.81. The van der Waals surface area contributed by atoms with Crippen LogP contribution in [0.25, 0.3) is 0 Å². The maximum atomic E-state index is 12.2. The van der Waals surface area contributed by atoms with Gasteiger partial charge in [0.1, 0.15) is 5.75 Å². The maximum Gasteiger partial charge on any atom is 0.174 e. The molecule has 1 unspecified atom stereocenters.